The molecular formula is C27H33N7O4. The zero-order chi connectivity index (χ0) is 26.2. The second-order valence-corrected chi connectivity index (χ2v) is 10.4. The van der Waals surface area contributed by atoms with Gasteiger partial charge in [-0.15, -0.1) is 10.2 Å². The Balaban J connectivity index is 1.17. The van der Waals surface area contributed by atoms with Gasteiger partial charge in [-0.25, -0.2) is 14.5 Å². The van der Waals surface area contributed by atoms with E-state index in [1.54, 1.807) is 12.0 Å². The van der Waals surface area contributed by atoms with Crippen molar-refractivity contribution < 1.29 is 19.4 Å². The number of methoxy groups -OCH3 is 1. The van der Waals surface area contributed by atoms with Crippen molar-refractivity contribution in [1.82, 2.24) is 29.9 Å². The summed E-state index contributed by atoms with van der Waals surface area (Å²) >= 11 is 0. The minimum Gasteiger partial charge on any atom is -0.481 e. The Morgan fingerprint density at radius 2 is 1.87 bits per heavy atom. The van der Waals surface area contributed by atoms with E-state index in [9.17, 15) is 9.90 Å². The molecule has 0 spiro atoms. The molecule has 3 saturated heterocycles. The number of aromatic nitrogens is 5. The number of nitrogens with zero attached hydrogens (tertiary/aromatic N) is 7. The van der Waals surface area contributed by atoms with Gasteiger partial charge in [0.25, 0.3) is 0 Å². The van der Waals surface area contributed by atoms with Gasteiger partial charge in [0.05, 0.1) is 19.0 Å². The second kappa shape index (κ2) is 10.2. The topological polar surface area (TPSA) is 119 Å². The van der Waals surface area contributed by atoms with Gasteiger partial charge < -0.3 is 24.4 Å². The molecule has 6 rings (SSSR count). The lowest BCUT2D eigenvalue weighted by Gasteiger charge is -2.41. The molecule has 3 aromatic rings. The summed E-state index contributed by atoms with van der Waals surface area (Å²) in [6, 6.07) is 8.16. The smallest absolute Gasteiger partial charge is 0.407 e. The summed E-state index contributed by atoms with van der Waals surface area (Å²) in [5, 5.41) is 23.0. The van der Waals surface area contributed by atoms with Crippen molar-refractivity contribution in [2.24, 2.45) is 0 Å². The fraction of sp³-hybridized carbons (Fsp3) is 0.519. The van der Waals surface area contributed by atoms with Crippen LogP contribution in [0.3, 0.4) is 0 Å². The number of piperidine rings is 1. The zero-order valence-electron chi connectivity index (χ0n) is 21.7. The lowest BCUT2D eigenvalue weighted by Crippen LogP contribution is -2.51. The Kier molecular flexibility index (Phi) is 6.61. The van der Waals surface area contributed by atoms with Gasteiger partial charge in [0.15, 0.2) is 5.82 Å². The first kappa shape index (κ1) is 24.6. The number of fused-ring (bicyclic) bond motifs is 2. The number of ether oxygens (including phenoxy) is 2. The first-order valence-electron chi connectivity index (χ1n) is 13.3. The van der Waals surface area contributed by atoms with Crippen molar-refractivity contribution in [2.45, 2.75) is 69.3 Å². The van der Waals surface area contributed by atoms with Crippen LogP contribution < -0.4 is 9.64 Å². The van der Waals surface area contributed by atoms with Crippen molar-refractivity contribution in [3.05, 3.63) is 36.7 Å². The van der Waals surface area contributed by atoms with E-state index in [1.165, 1.54) is 0 Å². The summed E-state index contributed by atoms with van der Waals surface area (Å²) in [6.07, 6.45) is 9.65. The van der Waals surface area contributed by atoms with Crippen molar-refractivity contribution in [2.75, 3.05) is 25.7 Å². The molecule has 0 aliphatic carbocycles. The quantitative estimate of drug-likeness (QED) is 0.510. The van der Waals surface area contributed by atoms with Crippen LogP contribution in [0.25, 0.3) is 22.5 Å². The van der Waals surface area contributed by atoms with Crippen molar-refractivity contribution >= 4 is 11.9 Å². The maximum atomic E-state index is 11.6. The molecule has 2 bridgehead atoms. The summed E-state index contributed by atoms with van der Waals surface area (Å²) in [5.41, 5.74) is 3.09. The Hall–Kier alpha value is -3.73. The van der Waals surface area contributed by atoms with Gasteiger partial charge in [0, 0.05) is 49.1 Å². The molecule has 1 amide bonds. The monoisotopic (exact) mass is 519 g/mol. The highest BCUT2D eigenvalue weighted by atomic mass is 16.5. The van der Waals surface area contributed by atoms with Crippen LogP contribution in [0.5, 0.6) is 5.88 Å². The molecule has 0 radical (unpaired) electrons. The standard InChI is InChI=1S/C27H33N7O4/c1-32(20-13-18-6-7-19(14-20)34(18)27(35)36)24-11-10-23(30-31-24)22-9-8-21(26(29-22)37-2)17-15-28-33(16-17)25-5-3-4-12-38-25/h8-11,15-16,18-20,25H,3-7,12-14H2,1-2H3,(H,35,36)/t18-,19+,20-,25?. The molecule has 1 unspecified atom stereocenters. The second-order valence-electron chi connectivity index (χ2n) is 10.4. The lowest BCUT2D eigenvalue weighted by molar-refractivity contribution is -0.0394. The van der Waals surface area contributed by atoms with E-state index in [4.69, 9.17) is 14.5 Å². The van der Waals surface area contributed by atoms with Crippen LogP contribution in [0.4, 0.5) is 10.6 Å². The Morgan fingerprint density at radius 3 is 2.53 bits per heavy atom. The van der Waals surface area contributed by atoms with Gasteiger partial charge in [-0.05, 0) is 69.2 Å². The Bertz CT molecular complexity index is 1280. The largest absolute Gasteiger partial charge is 0.481 e. The highest BCUT2D eigenvalue weighted by molar-refractivity contribution is 5.70. The van der Waals surface area contributed by atoms with Crippen molar-refractivity contribution in [1.29, 1.82) is 0 Å². The number of carbonyl (C=O) groups is 1. The summed E-state index contributed by atoms with van der Waals surface area (Å²) in [5.74, 6) is 1.26. The molecule has 11 nitrogen and oxygen atoms in total. The normalized spacial score (nSPS) is 24.8. The first-order chi connectivity index (χ1) is 18.5. The Labute approximate surface area is 221 Å². The molecule has 0 saturated carbocycles. The van der Waals surface area contributed by atoms with E-state index < -0.39 is 6.09 Å². The van der Waals surface area contributed by atoms with Crippen LogP contribution in [0.1, 0.15) is 51.2 Å². The summed E-state index contributed by atoms with van der Waals surface area (Å²) in [4.78, 5) is 20.1. The molecular weight excluding hydrogens is 486 g/mol. The third-order valence-electron chi connectivity index (χ3n) is 8.17. The van der Waals surface area contributed by atoms with Crippen LogP contribution in [-0.2, 0) is 4.74 Å². The van der Waals surface area contributed by atoms with Crippen LogP contribution in [0, 0.1) is 0 Å². The minimum atomic E-state index is -0.802. The Morgan fingerprint density at radius 1 is 1.08 bits per heavy atom. The maximum absolute atomic E-state index is 11.6. The number of rotatable bonds is 6. The van der Waals surface area contributed by atoms with E-state index in [0.29, 0.717) is 17.3 Å². The molecule has 3 fully saturated rings. The van der Waals surface area contributed by atoms with Gasteiger partial charge in [-0.2, -0.15) is 5.10 Å². The summed E-state index contributed by atoms with van der Waals surface area (Å²) in [6.45, 7) is 0.764. The van der Waals surface area contributed by atoms with E-state index in [0.717, 1.165) is 68.5 Å². The molecule has 200 valence electrons. The van der Waals surface area contributed by atoms with Crippen LogP contribution in [0.15, 0.2) is 36.7 Å². The highest BCUT2D eigenvalue weighted by Crippen LogP contribution is 2.38. The molecule has 6 heterocycles. The van der Waals surface area contributed by atoms with Gasteiger partial charge in [0.1, 0.15) is 11.9 Å². The molecule has 3 aliphatic heterocycles. The van der Waals surface area contributed by atoms with Gasteiger partial charge in [0.2, 0.25) is 5.88 Å². The number of pyridine rings is 1. The fourth-order valence-corrected chi connectivity index (χ4v) is 6.14. The maximum Gasteiger partial charge on any atom is 0.407 e. The molecule has 0 aromatic carbocycles. The average Bonchev–Trinajstić information content (AvgIpc) is 3.55. The highest BCUT2D eigenvalue weighted by Gasteiger charge is 2.44. The van der Waals surface area contributed by atoms with E-state index >= 15 is 0 Å². The third kappa shape index (κ3) is 4.55. The molecule has 3 aromatic heterocycles. The average molecular weight is 520 g/mol. The van der Waals surface area contributed by atoms with Crippen molar-refractivity contribution in [3.63, 3.8) is 0 Å². The van der Waals surface area contributed by atoms with E-state index in [1.807, 2.05) is 48.4 Å². The molecule has 1 N–H and O–H groups in total. The van der Waals surface area contributed by atoms with Gasteiger partial charge in [-0.3, -0.25) is 0 Å². The predicted molar refractivity (Wildman–Crippen MR) is 140 cm³/mol. The van der Waals surface area contributed by atoms with Crippen LogP contribution in [-0.4, -0.2) is 80.0 Å². The number of hydrogen-bond acceptors (Lipinski definition) is 8. The zero-order valence-corrected chi connectivity index (χ0v) is 21.7. The number of carboxylic acid groups (broad SMARTS) is 1. The fourth-order valence-electron chi connectivity index (χ4n) is 6.14. The molecule has 3 aliphatic rings. The molecule has 11 heteroatoms. The molecule has 38 heavy (non-hydrogen) atoms. The summed E-state index contributed by atoms with van der Waals surface area (Å²) in [7, 11) is 3.62. The minimum absolute atomic E-state index is 0.0254. The van der Waals surface area contributed by atoms with Crippen LogP contribution >= 0.6 is 0 Å². The number of amides is 1. The van der Waals surface area contributed by atoms with Gasteiger partial charge in [-0.1, -0.05) is 0 Å². The third-order valence-corrected chi connectivity index (χ3v) is 8.17. The van der Waals surface area contributed by atoms with E-state index in [-0.39, 0.29) is 24.4 Å². The van der Waals surface area contributed by atoms with Crippen LogP contribution in [0.2, 0.25) is 0 Å². The summed E-state index contributed by atoms with van der Waals surface area (Å²) < 4.78 is 13.4. The number of anilines is 1. The van der Waals surface area contributed by atoms with Gasteiger partial charge >= 0.3 is 6.09 Å². The van der Waals surface area contributed by atoms with Crippen molar-refractivity contribution in [3.8, 4) is 28.4 Å². The number of hydrogen-bond donors (Lipinski definition) is 1. The lowest BCUT2D eigenvalue weighted by atomic mass is 9.96. The first-order valence-corrected chi connectivity index (χ1v) is 13.3. The molecule has 4 atom stereocenters. The SMILES string of the molecule is COc1nc(-c2ccc(N(C)[C@@H]3C[C@H]4CC[C@@H](C3)N4C(=O)O)nn2)ccc1-c1cnn(C2CCCCO2)c1. The predicted octanol–water partition coefficient (Wildman–Crippen LogP) is 4.22. The van der Waals surface area contributed by atoms with E-state index in [2.05, 4.69) is 20.2 Å².